The third-order valence-electron chi connectivity index (χ3n) is 3.18. The minimum atomic E-state index is -3.68. The third kappa shape index (κ3) is 2.92. The molecule has 2 heterocycles. The molecule has 0 spiro atoms. The highest BCUT2D eigenvalue weighted by atomic mass is 32.2. The molecule has 0 radical (unpaired) electrons. The Hall–Kier alpha value is -1.23. The zero-order chi connectivity index (χ0) is 14.8. The number of anilines is 1. The predicted octanol–water partition coefficient (Wildman–Crippen LogP) is 1.51. The summed E-state index contributed by atoms with van der Waals surface area (Å²) in [7, 11) is -3.68. The molecule has 0 unspecified atom stereocenters. The number of nitro groups is 1. The van der Waals surface area contributed by atoms with Gasteiger partial charge >= 0.3 is 5.69 Å². The van der Waals surface area contributed by atoms with Gasteiger partial charge in [0.05, 0.1) is 4.92 Å². The topological polar surface area (TPSA) is 119 Å². The zero-order valence-electron chi connectivity index (χ0n) is 10.7. The van der Waals surface area contributed by atoms with Crippen LogP contribution in [0, 0.1) is 10.1 Å². The molecule has 8 nitrogen and oxygen atoms in total. The van der Waals surface area contributed by atoms with E-state index >= 15 is 0 Å². The maximum absolute atomic E-state index is 12.5. The summed E-state index contributed by atoms with van der Waals surface area (Å²) in [6.45, 7) is 0.916. The number of nitrogen functional groups attached to an aromatic ring is 1. The van der Waals surface area contributed by atoms with Crippen molar-refractivity contribution >= 4 is 32.0 Å². The number of hydrazine groups is 1. The fourth-order valence-corrected chi connectivity index (χ4v) is 5.05. The van der Waals surface area contributed by atoms with E-state index in [-0.39, 0.29) is 14.9 Å². The molecule has 0 aliphatic carbocycles. The molecule has 1 aromatic heterocycles. The number of sulfonamides is 1. The molecule has 1 aromatic rings. The van der Waals surface area contributed by atoms with Gasteiger partial charge in [-0.3, -0.25) is 10.1 Å². The summed E-state index contributed by atoms with van der Waals surface area (Å²) >= 11 is 0.788. The predicted molar refractivity (Wildman–Crippen MR) is 76.0 cm³/mol. The SMILES string of the molecule is NNc1sc(S(=O)(=O)N2CCCCCC2)cc1[N+](=O)[O-]. The third-order valence-corrected chi connectivity index (χ3v) is 6.58. The van der Waals surface area contributed by atoms with E-state index in [1.807, 2.05) is 0 Å². The molecular formula is C10H16N4O4S2. The summed E-state index contributed by atoms with van der Waals surface area (Å²) in [4.78, 5) is 10.2. The summed E-state index contributed by atoms with van der Waals surface area (Å²) in [6.07, 6.45) is 3.64. The molecular weight excluding hydrogens is 304 g/mol. The van der Waals surface area contributed by atoms with E-state index in [1.54, 1.807) is 0 Å². The van der Waals surface area contributed by atoms with Crippen molar-refractivity contribution in [3.05, 3.63) is 16.2 Å². The van der Waals surface area contributed by atoms with Crippen molar-refractivity contribution in [3.8, 4) is 0 Å². The molecule has 0 amide bonds. The molecule has 10 heteroatoms. The van der Waals surface area contributed by atoms with Crippen molar-refractivity contribution in [2.45, 2.75) is 29.9 Å². The number of nitrogens with zero attached hydrogens (tertiary/aromatic N) is 2. The molecule has 0 atom stereocenters. The molecule has 1 aliphatic heterocycles. The van der Waals surface area contributed by atoms with Crippen LogP contribution in [0.3, 0.4) is 0 Å². The zero-order valence-corrected chi connectivity index (χ0v) is 12.4. The van der Waals surface area contributed by atoms with E-state index in [1.165, 1.54) is 4.31 Å². The first kappa shape index (κ1) is 15.2. The molecule has 1 saturated heterocycles. The van der Waals surface area contributed by atoms with E-state index in [0.717, 1.165) is 43.1 Å². The number of nitrogens with one attached hydrogen (secondary N) is 1. The Morgan fingerprint density at radius 1 is 1.30 bits per heavy atom. The Balaban J connectivity index is 2.35. The van der Waals surface area contributed by atoms with Gasteiger partial charge in [0.15, 0.2) is 5.00 Å². The first-order valence-corrected chi connectivity index (χ1v) is 8.47. The van der Waals surface area contributed by atoms with Crippen LogP contribution in [0.25, 0.3) is 0 Å². The monoisotopic (exact) mass is 320 g/mol. The van der Waals surface area contributed by atoms with E-state index in [0.29, 0.717) is 13.1 Å². The van der Waals surface area contributed by atoms with Gasteiger partial charge in [-0.15, -0.1) is 0 Å². The smallest absolute Gasteiger partial charge is 0.306 e. The number of hydrogen-bond acceptors (Lipinski definition) is 7. The van der Waals surface area contributed by atoms with Crippen LogP contribution < -0.4 is 11.3 Å². The van der Waals surface area contributed by atoms with Crippen LogP contribution in [0.1, 0.15) is 25.7 Å². The lowest BCUT2D eigenvalue weighted by Gasteiger charge is -2.18. The van der Waals surface area contributed by atoms with Crippen LogP contribution in [0.15, 0.2) is 10.3 Å². The van der Waals surface area contributed by atoms with Gasteiger partial charge in [0, 0.05) is 19.2 Å². The highest BCUT2D eigenvalue weighted by molar-refractivity contribution is 7.91. The second-order valence-corrected chi connectivity index (χ2v) is 7.72. The van der Waals surface area contributed by atoms with Gasteiger partial charge in [-0.25, -0.2) is 14.3 Å². The molecule has 20 heavy (non-hydrogen) atoms. The van der Waals surface area contributed by atoms with E-state index < -0.39 is 14.9 Å². The van der Waals surface area contributed by atoms with Gasteiger partial charge in [-0.2, -0.15) is 4.31 Å². The maximum atomic E-state index is 12.5. The van der Waals surface area contributed by atoms with Crippen LogP contribution in [0.4, 0.5) is 10.7 Å². The van der Waals surface area contributed by atoms with Crippen molar-refractivity contribution in [1.29, 1.82) is 0 Å². The minimum absolute atomic E-state index is 0.0425. The van der Waals surface area contributed by atoms with Crippen LogP contribution in [0.5, 0.6) is 0 Å². The number of thiophene rings is 1. The highest BCUT2D eigenvalue weighted by Gasteiger charge is 2.31. The lowest BCUT2D eigenvalue weighted by atomic mass is 10.2. The summed E-state index contributed by atoms with van der Waals surface area (Å²) < 4.78 is 26.3. The summed E-state index contributed by atoms with van der Waals surface area (Å²) in [6, 6.07) is 1.07. The first-order chi connectivity index (χ1) is 9.46. The molecule has 2 rings (SSSR count). The van der Waals surface area contributed by atoms with Crippen molar-refractivity contribution in [2.24, 2.45) is 5.84 Å². The normalized spacial score (nSPS) is 17.6. The van der Waals surface area contributed by atoms with E-state index in [2.05, 4.69) is 5.43 Å². The second kappa shape index (κ2) is 6.04. The van der Waals surface area contributed by atoms with E-state index in [4.69, 9.17) is 5.84 Å². The molecule has 3 N–H and O–H groups in total. The summed E-state index contributed by atoms with van der Waals surface area (Å²) in [5.74, 6) is 5.20. The van der Waals surface area contributed by atoms with Crippen LogP contribution in [-0.4, -0.2) is 30.7 Å². The average Bonchev–Trinajstić information content (AvgIpc) is 2.66. The van der Waals surface area contributed by atoms with Gasteiger partial charge < -0.3 is 5.43 Å². The molecule has 1 aliphatic rings. The van der Waals surface area contributed by atoms with Crippen molar-refractivity contribution in [2.75, 3.05) is 18.5 Å². The maximum Gasteiger partial charge on any atom is 0.306 e. The number of nitrogens with two attached hydrogens (primary N) is 1. The van der Waals surface area contributed by atoms with Crippen LogP contribution >= 0.6 is 11.3 Å². The van der Waals surface area contributed by atoms with E-state index in [9.17, 15) is 18.5 Å². The number of rotatable bonds is 4. The summed E-state index contributed by atoms with van der Waals surface area (Å²) in [5.41, 5.74) is 1.86. The van der Waals surface area contributed by atoms with Crippen molar-refractivity contribution in [3.63, 3.8) is 0 Å². The quantitative estimate of drug-likeness (QED) is 0.493. The van der Waals surface area contributed by atoms with Crippen LogP contribution in [-0.2, 0) is 10.0 Å². The largest absolute Gasteiger partial charge is 0.310 e. The van der Waals surface area contributed by atoms with Gasteiger partial charge in [0.2, 0.25) is 0 Å². The molecule has 0 aromatic carbocycles. The van der Waals surface area contributed by atoms with Crippen molar-refractivity contribution in [1.82, 2.24) is 4.31 Å². The van der Waals surface area contributed by atoms with Gasteiger partial charge in [0.25, 0.3) is 10.0 Å². The summed E-state index contributed by atoms with van der Waals surface area (Å²) in [5, 5.41) is 10.9. The highest BCUT2D eigenvalue weighted by Crippen LogP contribution is 2.37. The standard InChI is InChI=1S/C10H16N4O4S2/c11-12-10-8(14(15)16)7-9(19-10)20(17,18)13-5-3-1-2-4-6-13/h7,12H,1-6,11H2. The fraction of sp³-hybridized carbons (Fsp3) is 0.600. The Morgan fingerprint density at radius 3 is 2.35 bits per heavy atom. The van der Waals surface area contributed by atoms with Crippen molar-refractivity contribution < 1.29 is 13.3 Å². The number of hydrogen-bond donors (Lipinski definition) is 2. The average molecular weight is 320 g/mol. The van der Waals surface area contributed by atoms with Gasteiger partial charge in [-0.05, 0) is 12.8 Å². The minimum Gasteiger partial charge on any atom is -0.310 e. The van der Waals surface area contributed by atoms with Crippen LogP contribution in [0.2, 0.25) is 0 Å². The Kier molecular flexibility index (Phi) is 4.58. The Bertz CT molecular complexity index is 590. The first-order valence-electron chi connectivity index (χ1n) is 6.22. The van der Waals surface area contributed by atoms with Gasteiger partial charge in [0.1, 0.15) is 4.21 Å². The second-order valence-electron chi connectivity index (χ2n) is 4.50. The Labute approximate surface area is 120 Å². The molecule has 0 bridgehead atoms. The lowest BCUT2D eigenvalue weighted by Crippen LogP contribution is -2.31. The Morgan fingerprint density at radius 2 is 1.90 bits per heavy atom. The fourth-order valence-electron chi connectivity index (χ4n) is 2.13. The molecule has 112 valence electrons. The van der Waals surface area contributed by atoms with Gasteiger partial charge in [-0.1, -0.05) is 24.2 Å². The molecule has 1 fully saturated rings. The lowest BCUT2D eigenvalue weighted by molar-refractivity contribution is -0.383. The molecule has 0 saturated carbocycles.